The number of nitrogens with zero attached hydrogens (tertiary/aromatic N) is 4. The summed E-state index contributed by atoms with van der Waals surface area (Å²) in [7, 11) is 0. The number of hydrogen-bond donors (Lipinski definition) is 4. The molecule has 4 N–H and O–H groups in total. The van der Waals surface area contributed by atoms with Crippen molar-refractivity contribution in [1.82, 2.24) is 24.1 Å². The molecule has 2 aromatic heterocycles. The topological polar surface area (TPSA) is 111 Å². The molecule has 0 spiro atoms. The Kier molecular flexibility index (Phi) is 5.16. The van der Waals surface area contributed by atoms with Gasteiger partial charge in [-0.2, -0.15) is 5.10 Å². The number of hydrogen-bond acceptors (Lipinski definition) is 7. The van der Waals surface area contributed by atoms with E-state index in [-0.39, 0.29) is 12.5 Å². The zero-order chi connectivity index (χ0) is 21.4. The van der Waals surface area contributed by atoms with E-state index in [1.165, 1.54) is 19.8 Å². The SMILES string of the molecule is CC(=O)Nc1ccc(SN2C=C(Nc3cc(C4CC4)[nH]n3)n3cc(CO)nc3C2)cc1. The first-order chi connectivity index (χ1) is 15.1. The number of aromatic nitrogens is 4. The number of aliphatic hydroxyl groups is 1. The summed E-state index contributed by atoms with van der Waals surface area (Å²) in [6, 6.07) is 9.74. The molecule has 2 aliphatic rings. The van der Waals surface area contributed by atoms with Crippen molar-refractivity contribution in [1.29, 1.82) is 0 Å². The molecule has 3 heterocycles. The van der Waals surface area contributed by atoms with Crippen LogP contribution in [0, 0.1) is 0 Å². The lowest BCUT2D eigenvalue weighted by molar-refractivity contribution is -0.114. The minimum Gasteiger partial charge on any atom is -0.390 e. The lowest BCUT2D eigenvalue weighted by Crippen LogP contribution is -2.23. The number of aliphatic hydroxyl groups excluding tert-OH is 1. The molecule has 1 aliphatic carbocycles. The largest absolute Gasteiger partial charge is 0.390 e. The van der Waals surface area contributed by atoms with Gasteiger partial charge in [0, 0.05) is 41.4 Å². The summed E-state index contributed by atoms with van der Waals surface area (Å²) in [4.78, 5) is 16.8. The third-order valence-corrected chi connectivity index (χ3v) is 6.03. The van der Waals surface area contributed by atoms with Gasteiger partial charge in [-0.15, -0.1) is 0 Å². The first kappa shape index (κ1) is 19.7. The smallest absolute Gasteiger partial charge is 0.221 e. The number of nitrogens with one attached hydrogen (secondary N) is 3. The van der Waals surface area contributed by atoms with E-state index in [9.17, 15) is 9.90 Å². The van der Waals surface area contributed by atoms with Crippen LogP contribution in [0.1, 0.15) is 42.9 Å². The van der Waals surface area contributed by atoms with Crippen LogP contribution in [0.4, 0.5) is 11.5 Å². The summed E-state index contributed by atoms with van der Waals surface area (Å²) in [5.41, 5.74) is 2.54. The van der Waals surface area contributed by atoms with Crippen molar-refractivity contribution in [3.05, 3.63) is 59.9 Å². The zero-order valence-electron chi connectivity index (χ0n) is 17.0. The standard InChI is InChI=1S/C21H23N7O2S/c1-13(30)22-15-4-6-17(7-5-15)31-27-10-20-23-16(12-29)9-28(20)21(11-27)24-19-8-18(25-26-19)14-2-3-14/h4-9,11,14,29H,2-3,10,12H2,1H3,(H,22,30)(H2,24,25,26). The van der Waals surface area contributed by atoms with Crippen molar-refractivity contribution in [3.63, 3.8) is 0 Å². The fourth-order valence-corrected chi connectivity index (χ4v) is 4.34. The van der Waals surface area contributed by atoms with Crippen LogP contribution in [-0.2, 0) is 17.9 Å². The van der Waals surface area contributed by atoms with E-state index in [1.807, 2.05) is 41.2 Å². The van der Waals surface area contributed by atoms with E-state index in [1.54, 1.807) is 11.9 Å². The maximum atomic E-state index is 11.2. The molecule has 1 aromatic carbocycles. The van der Waals surface area contributed by atoms with Gasteiger partial charge in [0.2, 0.25) is 5.91 Å². The second kappa shape index (κ2) is 8.12. The quantitative estimate of drug-likeness (QED) is 0.420. The first-order valence-electron chi connectivity index (χ1n) is 10.1. The highest BCUT2D eigenvalue weighted by Gasteiger charge is 2.26. The molecule has 1 aliphatic heterocycles. The molecule has 0 bridgehead atoms. The van der Waals surface area contributed by atoms with Gasteiger partial charge in [-0.3, -0.25) is 14.5 Å². The van der Waals surface area contributed by atoms with E-state index < -0.39 is 0 Å². The average Bonchev–Trinajstić information content (AvgIpc) is 3.34. The van der Waals surface area contributed by atoms with Crippen LogP contribution in [0.25, 0.3) is 5.82 Å². The lowest BCUT2D eigenvalue weighted by atomic mass is 10.3. The van der Waals surface area contributed by atoms with E-state index in [2.05, 4.69) is 36.2 Å². The number of carbonyl (C=O) groups excluding carboxylic acids is 1. The Morgan fingerprint density at radius 1 is 1.32 bits per heavy atom. The van der Waals surface area contributed by atoms with Crippen molar-refractivity contribution in [2.75, 3.05) is 10.6 Å². The summed E-state index contributed by atoms with van der Waals surface area (Å²) in [6.45, 7) is 1.96. The molecular weight excluding hydrogens is 414 g/mol. The van der Waals surface area contributed by atoms with Crippen molar-refractivity contribution in [2.45, 2.75) is 43.7 Å². The predicted octanol–water partition coefficient (Wildman–Crippen LogP) is 3.33. The van der Waals surface area contributed by atoms with Gasteiger partial charge < -0.3 is 20.0 Å². The Bertz CT molecular complexity index is 1130. The number of rotatable bonds is 7. The second-order valence-corrected chi connectivity index (χ2v) is 8.79. The maximum Gasteiger partial charge on any atom is 0.221 e. The van der Waals surface area contributed by atoms with Gasteiger partial charge in [-0.25, -0.2) is 4.98 Å². The normalized spacial score (nSPS) is 15.4. The number of benzene rings is 1. The minimum atomic E-state index is -0.112. The molecule has 31 heavy (non-hydrogen) atoms. The summed E-state index contributed by atoms with van der Waals surface area (Å²) < 4.78 is 4.03. The monoisotopic (exact) mass is 437 g/mol. The van der Waals surface area contributed by atoms with Crippen molar-refractivity contribution in [2.24, 2.45) is 0 Å². The van der Waals surface area contributed by atoms with E-state index in [4.69, 9.17) is 0 Å². The molecule has 0 unspecified atom stereocenters. The predicted molar refractivity (Wildman–Crippen MR) is 119 cm³/mol. The Balaban J connectivity index is 1.37. The molecule has 9 nitrogen and oxygen atoms in total. The summed E-state index contributed by atoms with van der Waals surface area (Å²) in [6.07, 6.45) is 6.27. The molecule has 0 saturated heterocycles. The third-order valence-electron chi connectivity index (χ3n) is 5.08. The van der Waals surface area contributed by atoms with Crippen LogP contribution in [0.2, 0.25) is 0 Å². The molecule has 5 rings (SSSR count). The Morgan fingerprint density at radius 2 is 2.13 bits per heavy atom. The van der Waals surface area contributed by atoms with Gasteiger partial charge in [0.05, 0.1) is 25.0 Å². The van der Waals surface area contributed by atoms with E-state index in [0.717, 1.165) is 33.7 Å². The van der Waals surface area contributed by atoms with Crippen LogP contribution in [0.15, 0.2) is 47.6 Å². The Hall–Kier alpha value is -3.24. The fraction of sp³-hybridized carbons (Fsp3) is 0.286. The number of imidazole rings is 1. The number of fused-ring (bicyclic) bond motifs is 1. The second-order valence-electron chi connectivity index (χ2n) is 7.67. The number of anilines is 2. The molecule has 0 radical (unpaired) electrons. The van der Waals surface area contributed by atoms with Gasteiger partial charge >= 0.3 is 0 Å². The average molecular weight is 438 g/mol. The van der Waals surface area contributed by atoms with Crippen molar-refractivity contribution >= 4 is 35.2 Å². The van der Waals surface area contributed by atoms with Crippen LogP contribution in [0.5, 0.6) is 0 Å². The van der Waals surface area contributed by atoms with Gasteiger partial charge in [-0.05, 0) is 49.1 Å². The number of H-pyrrole nitrogens is 1. The first-order valence-corrected chi connectivity index (χ1v) is 10.9. The summed E-state index contributed by atoms with van der Waals surface area (Å²) in [5.74, 6) is 2.90. The Labute approximate surface area is 183 Å². The maximum absolute atomic E-state index is 11.2. The molecule has 1 amide bonds. The number of carbonyl (C=O) groups is 1. The molecule has 10 heteroatoms. The van der Waals surface area contributed by atoms with Gasteiger partial charge in [0.1, 0.15) is 11.6 Å². The van der Waals surface area contributed by atoms with Gasteiger partial charge in [0.25, 0.3) is 0 Å². The molecule has 1 fully saturated rings. The van der Waals surface area contributed by atoms with Gasteiger partial charge in [0.15, 0.2) is 5.82 Å². The Morgan fingerprint density at radius 3 is 2.84 bits per heavy atom. The van der Waals surface area contributed by atoms with E-state index in [0.29, 0.717) is 18.2 Å². The molecule has 3 aromatic rings. The van der Waals surface area contributed by atoms with Crippen LogP contribution in [0.3, 0.4) is 0 Å². The molecule has 0 atom stereocenters. The van der Waals surface area contributed by atoms with Crippen LogP contribution < -0.4 is 10.6 Å². The summed E-state index contributed by atoms with van der Waals surface area (Å²) in [5, 5.41) is 23.2. The highest BCUT2D eigenvalue weighted by molar-refractivity contribution is 7.97. The van der Waals surface area contributed by atoms with Crippen LogP contribution in [-0.4, -0.2) is 35.1 Å². The third kappa shape index (κ3) is 4.44. The van der Waals surface area contributed by atoms with Gasteiger partial charge in [-0.1, -0.05) is 0 Å². The highest BCUT2D eigenvalue weighted by Crippen LogP contribution is 2.40. The zero-order valence-corrected chi connectivity index (χ0v) is 17.8. The lowest BCUT2D eigenvalue weighted by Gasteiger charge is -2.26. The number of aromatic amines is 1. The number of amides is 1. The van der Waals surface area contributed by atoms with Crippen LogP contribution >= 0.6 is 11.9 Å². The molecule has 1 saturated carbocycles. The van der Waals surface area contributed by atoms with E-state index >= 15 is 0 Å². The molecular formula is C21H23N7O2S. The molecule has 160 valence electrons. The fourth-order valence-electron chi connectivity index (χ4n) is 3.48. The van der Waals surface area contributed by atoms with Crippen molar-refractivity contribution in [3.8, 4) is 0 Å². The van der Waals surface area contributed by atoms with Crippen molar-refractivity contribution < 1.29 is 9.90 Å². The summed E-state index contributed by atoms with van der Waals surface area (Å²) >= 11 is 1.57. The highest BCUT2D eigenvalue weighted by atomic mass is 32.2. The minimum absolute atomic E-state index is 0.0928.